The van der Waals surface area contributed by atoms with Crippen LogP contribution >= 0.6 is 24.2 Å². The van der Waals surface area contributed by atoms with Crippen LogP contribution in [0.2, 0.25) is 5.02 Å². The quantitative estimate of drug-likeness (QED) is 0.579. The van der Waals surface area contributed by atoms with Crippen LogP contribution in [0.3, 0.4) is 0 Å². The minimum Gasteiger partial charge on any atom is -0.390 e. The normalized spacial score (nSPS) is 14.9. The van der Waals surface area contributed by atoms with Crippen LogP contribution < -0.4 is 0 Å². The van der Waals surface area contributed by atoms with Crippen LogP contribution in [0.4, 0.5) is 8.78 Å². The third-order valence-electron chi connectivity index (χ3n) is 2.14. The highest BCUT2D eigenvalue weighted by Crippen LogP contribution is 2.26. The molecule has 0 fully saturated rings. The van der Waals surface area contributed by atoms with Crippen molar-refractivity contribution in [2.24, 2.45) is 0 Å². The molecule has 0 bridgehead atoms. The summed E-state index contributed by atoms with van der Waals surface area (Å²) in [6.07, 6.45) is -2.25. The van der Waals surface area contributed by atoms with Crippen LogP contribution in [0.1, 0.15) is 18.1 Å². The fraction of sp³-hybridized carbons (Fsp3) is 0.400. The standard InChI is InChI=1S/C10H11ClF2O2S/c11-9-6(12)3-5(4-7(9)13)10(15)8(14)1-2-16/h3-4,8,10,14-16H,1-2H2. The topological polar surface area (TPSA) is 40.5 Å². The van der Waals surface area contributed by atoms with Crippen LogP contribution in [0.5, 0.6) is 0 Å². The number of benzene rings is 1. The van der Waals surface area contributed by atoms with Gasteiger partial charge in [-0.3, -0.25) is 0 Å². The van der Waals surface area contributed by atoms with Crippen molar-refractivity contribution in [2.45, 2.75) is 18.6 Å². The molecule has 2 atom stereocenters. The molecule has 2 unspecified atom stereocenters. The van der Waals surface area contributed by atoms with Crippen molar-refractivity contribution in [3.63, 3.8) is 0 Å². The summed E-state index contributed by atoms with van der Waals surface area (Å²) in [5.74, 6) is -1.57. The number of rotatable bonds is 4. The molecule has 0 heterocycles. The first-order valence-electron chi connectivity index (χ1n) is 4.58. The van der Waals surface area contributed by atoms with E-state index in [-0.39, 0.29) is 12.0 Å². The number of halogens is 3. The molecule has 0 aromatic heterocycles. The van der Waals surface area contributed by atoms with Crippen LogP contribution in [0.25, 0.3) is 0 Å². The van der Waals surface area contributed by atoms with Gasteiger partial charge in [0.1, 0.15) is 22.8 Å². The molecule has 0 aliphatic carbocycles. The smallest absolute Gasteiger partial charge is 0.145 e. The van der Waals surface area contributed by atoms with Crippen molar-refractivity contribution in [1.29, 1.82) is 0 Å². The van der Waals surface area contributed by atoms with Gasteiger partial charge in [-0.25, -0.2) is 8.78 Å². The van der Waals surface area contributed by atoms with Crippen LogP contribution in [-0.2, 0) is 0 Å². The Balaban J connectivity index is 2.96. The van der Waals surface area contributed by atoms with Crippen LogP contribution in [0.15, 0.2) is 12.1 Å². The Bertz CT molecular complexity index is 353. The van der Waals surface area contributed by atoms with Crippen molar-refractivity contribution < 1.29 is 19.0 Å². The first kappa shape index (κ1) is 13.7. The Morgan fingerprint density at radius 3 is 2.19 bits per heavy atom. The predicted octanol–water partition coefficient (Wildman–Crippen LogP) is 2.33. The summed E-state index contributed by atoms with van der Waals surface area (Å²) in [6.45, 7) is 0. The minimum absolute atomic E-state index is 0.0475. The first-order valence-corrected chi connectivity index (χ1v) is 5.59. The first-order chi connectivity index (χ1) is 7.47. The predicted molar refractivity (Wildman–Crippen MR) is 60.8 cm³/mol. The van der Waals surface area contributed by atoms with Gasteiger partial charge in [-0.05, 0) is 29.9 Å². The van der Waals surface area contributed by atoms with Gasteiger partial charge < -0.3 is 10.2 Å². The third-order valence-corrected chi connectivity index (χ3v) is 2.76. The Morgan fingerprint density at radius 2 is 1.75 bits per heavy atom. The van der Waals surface area contributed by atoms with E-state index in [0.29, 0.717) is 5.75 Å². The average molecular weight is 269 g/mol. The van der Waals surface area contributed by atoms with Gasteiger partial charge in [0.15, 0.2) is 0 Å². The Labute approximate surface area is 102 Å². The van der Waals surface area contributed by atoms with Gasteiger partial charge in [0.25, 0.3) is 0 Å². The van der Waals surface area contributed by atoms with E-state index in [1.165, 1.54) is 0 Å². The van der Waals surface area contributed by atoms with Crippen molar-refractivity contribution in [2.75, 3.05) is 5.75 Å². The maximum Gasteiger partial charge on any atom is 0.145 e. The Hall–Kier alpha value is -0.360. The number of thiol groups is 1. The van der Waals surface area contributed by atoms with E-state index in [4.69, 9.17) is 11.6 Å². The highest BCUT2D eigenvalue weighted by Gasteiger charge is 2.20. The molecule has 2 nitrogen and oxygen atoms in total. The monoisotopic (exact) mass is 268 g/mol. The highest BCUT2D eigenvalue weighted by atomic mass is 35.5. The van der Waals surface area contributed by atoms with E-state index in [9.17, 15) is 19.0 Å². The SMILES string of the molecule is OC(CCS)C(O)c1cc(F)c(Cl)c(F)c1. The highest BCUT2D eigenvalue weighted by molar-refractivity contribution is 7.80. The fourth-order valence-corrected chi connectivity index (χ4v) is 1.63. The number of aliphatic hydroxyl groups is 2. The molecular formula is C10H11ClF2O2S. The van der Waals surface area contributed by atoms with E-state index in [2.05, 4.69) is 12.6 Å². The van der Waals surface area contributed by atoms with Gasteiger partial charge in [-0.1, -0.05) is 11.6 Å². The van der Waals surface area contributed by atoms with Gasteiger partial charge in [-0.2, -0.15) is 12.6 Å². The molecule has 6 heteroatoms. The van der Waals surface area contributed by atoms with Gasteiger partial charge in [0.2, 0.25) is 0 Å². The largest absolute Gasteiger partial charge is 0.390 e. The van der Waals surface area contributed by atoms with Crippen molar-refractivity contribution in [3.05, 3.63) is 34.4 Å². The second kappa shape index (κ2) is 5.82. The lowest BCUT2D eigenvalue weighted by Crippen LogP contribution is -2.19. The van der Waals surface area contributed by atoms with E-state index in [0.717, 1.165) is 12.1 Å². The molecule has 2 N–H and O–H groups in total. The van der Waals surface area contributed by atoms with Gasteiger partial charge in [0.05, 0.1) is 6.10 Å². The summed E-state index contributed by atoms with van der Waals surface area (Å²) < 4.78 is 26.1. The summed E-state index contributed by atoms with van der Waals surface area (Å²) in [6, 6.07) is 1.80. The maximum absolute atomic E-state index is 13.1. The lowest BCUT2D eigenvalue weighted by Gasteiger charge is -2.17. The van der Waals surface area contributed by atoms with Crippen molar-refractivity contribution >= 4 is 24.2 Å². The van der Waals surface area contributed by atoms with Crippen molar-refractivity contribution in [1.82, 2.24) is 0 Å². The Kier molecular flexibility index (Phi) is 4.98. The van der Waals surface area contributed by atoms with Crippen LogP contribution in [0, 0.1) is 11.6 Å². The van der Waals surface area contributed by atoms with Crippen molar-refractivity contribution in [3.8, 4) is 0 Å². The lowest BCUT2D eigenvalue weighted by atomic mass is 10.0. The molecule has 1 aromatic carbocycles. The maximum atomic E-state index is 13.1. The molecule has 90 valence electrons. The van der Waals surface area contributed by atoms with Gasteiger partial charge in [-0.15, -0.1) is 0 Å². The number of hydrogen-bond acceptors (Lipinski definition) is 3. The van der Waals surface area contributed by atoms with Gasteiger partial charge >= 0.3 is 0 Å². The van der Waals surface area contributed by atoms with E-state index in [1.807, 2.05) is 0 Å². The molecule has 0 spiro atoms. The zero-order chi connectivity index (χ0) is 12.3. The zero-order valence-electron chi connectivity index (χ0n) is 8.20. The summed E-state index contributed by atoms with van der Waals surface area (Å²) in [5, 5.41) is 18.4. The number of aliphatic hydroxyl groups excluding tert-OH is 2. The molecule has 1 rings (SSSR count). The summed E-state index contributed by atoms with van der Waals surface area (Å²) in [7, 11) is 0. The molecular weight excluding hydrogens is 258 g/mol. The van der Waals surface area contributed by atoms with E-state index in [1.54, 1.807) is 0 Å². The summed E-state index contributed by atoms with van der Waals surface area (Å²) in [4.78, 5) is 0. The molecule has 0 radical (unpaired) electrons. The second-order valence-electron chi connectivity index (χ2n) is 3.32. The fourth-order valence-electron chi connectivity index (χ4n) is 1.26. The second-order valence-corrected chi connectivity index (χ2v) is 4.15. The summed E-state index contributed by atoms with van der Waals surface area (Å²) >= 11 is 9.17. The number of hydrogen-bond donors (Lipinski definition) is 3. The third kappa shape index (κ3) is 3.07. The summed E-state index contributed by atoms with van der Waals surface area (Å²) in [5.41, 5.74) is -0.0475. The molecule has 0 amide bonds. The molecule has 1 aromatic rings. The molecule has 16 heavy (non-hydrogen) atoms. The Morgan fingerprint density at radius 1 is 1.25 bits per heavy atom. The molecule has 0 aliphatic rings. The van der Waals surface area contributed by atoms with E-state index >= 15 is 0 Å². The lowest BCUT2D eigenvalue weighted by molar-refractivity contribution is 0.0169. The molecule has 0 saturated carbocycles. The van der Waals surface area contributed by atoms with Crippen LogP contribution in [-0.4, -0.2) is 22.1 Å². The van der Waals surface area contributed by atoms with E-state index < -0.39 is 28.9 Å². The minimum atomic E-state index is -1.35. The zero-order valence-corrected chi connectivity index (χ0v) is 9.85. The molecule has 0 aliphatic heterocycles. The molecule has 0 saturated heterocycles. The average Bonchev–Trinajstić information content (AvgIpc) is 2.24. The van der Waals surface area contributed by atoms with Gasteiger partial charge in [0, 0.05) is 0 Å².